The van der Waals surface area contributed by atoms with Gasteiger partial charge in [0.05, 0.1) is 5.75 Å². The lowest BCUT2D eigenvalue weighted by Crippen LogP contribution is -2.02. The SMILES string of the molecule is Cn1c(SCC(=O)c2cc3ccccc3o2)nnc1-c1ccc(Cl)cc1. The van der Waals surface area contributed by atoms with E-state index in [2.05, 4.69) is 10.2 Å². The van der Waals surface area contributed by atoms with Gasteiger partial charge in [0.1, 0.15) is 5.58 Å². The van der Waals surface area contributed by atoms with Gasteiger partial charge in [-0.1, -0.05) is 41.6 Å². The van der Waals surface area contributed by atoms with Crippen LogP contribution in [0.5, 0.6) is 0 Å². The van der Waals surface area contributed by atoms with Crippen LogP contribution in [0.4, 0.5) is 0 Å². The molecule has 0 bridgehead atoms. The number of carbonyl (C=O) groups excluding carboxylic acids is 1. The summed E-state index contributed by atoms with van der Waals surface area (Å²) in [5.74, 6) is 1.23. The minimum absolute atomic E-state index is 0.0813. The second-order valence-corrected chi connectivity index (χ2v) is 7.11. The van der Waals surface area contributed by atoms with Crippen molar-refractivity contribution in [1.82, 2.24) is 14.8 Å². The fraction of sp³-hybridized carbons (Fsp3) is 0.105. The number of benzene rings is 2. The highest BCUT2D eigenvalue weighted by Crippen LogP contribution is 2.25. The molecule has 5 nitrogen and oxygen atoms in total. The minimum Gasteiger partial charge on any atom is -0.453 e. The zero-order valence-corrected chi connectivity index (χ0v) is 15.4. The summed E-state index contributed by atoms with van der Waals surface area (Å²) < 4.78 is 7.48. The Balaban J connectivity index is 1.49. The lowest BCUT2D eigenvalue weighted by Gasteiger charge is -2.03. The molecule has 0 saturated carbocycles. The molecule has 2 aromatic heterocycles. The minimum atomic E-state index is -0.0813. The third-order valence-corrected chi connectivity index (χ3v) is 5.24. The van der Waals surface area contributed by atoms with Crippen LogP contribution in [-0.2, 0) is 7.05 Å². The highest BCUT2D eigenvalue weighted by Gasteiger charge is 2.16. The summed E-state index contributed by atoms with van der Waals surface area (Å²) in [7, 11) is 1.87. The number of aromatic nitrogens is 3. The number of ketones is 1. The van der Waals surface area contributed by atoms with Crippen molar-refractivity contribution in [2.45, 2.75) is 5.16 Å². The number of fused-ring (bicyclic) bond motifs is 1. The van der Waals surface area contributed by atoms with E-state index in [1.54, 1.807) is 6.07 Å². The van der Waals surface area contributed by atoms with E-state index in [0.29, 0.717) is 21.5 Å². The maximum atomic E-state index is 12.4. The molecule has 0 aliphatic rings. The van der Waals surface area contributed by atoms with Crippen molar-refractivity contribution in [2.24, 2.45) is 7.05 Å². The van der Waals surface area contributed by atoms with Gasteiger partial charge in [0.25, 0.3) is 0 Å². The Kier molecular flexibility index (Phi) is 4.53. The molecule has 130 valence electrons. The molecule has 0 aliphatic carbocycles. The average Bonchev–Trinajstić information content (AvgIpc) is 3.24. The van der Waals surface area contributed by atoms with Crippen LogP contribution >= 0.6 is 23.4 Å². The van der Waals surface area contributed by atoms with Gasteiger partial charge in [-0.25, -0.2) is 0 Å². The van der Waals surface area contributed by atoms with E-state index in [1.807, 2.05) is 60.1 Å². The van der Waals surface area contributed by atoms with Gasteiger partial charge >= 0.3 is 0 Å². The number of nitrogens with zero attached hydrogens (tertiary/aromatic N) is 3. The molecular weight excluding hydrogens is 370 g/mol. The summed E-state index contributed by atoms with van der Waals surface area (Å²) in [4.78, 5) is 12.4. The maximum absolute atomic E-state index is 12.4. The number of carbonyl (C=O) groups is 1. The van der Waals surface area contributed by atoms with Crippen molar-refractivity contribution in [2.75, 3.05) is 5.75 Å². The molecule has 4 aromatic rings. The van der Waals surface area contributed by atoms with Crippen molar-refractivity contribution in [3.05, 3.63) is 65.4 Å². The molecule has 0 spiro atoms. The Bertz CT molecular complexity index is 1050. The lowest BCUT2D eigenvalue weighted by atomic mass is 10.2. The molecule has 0 radical (unpaired) electrons. The van der Waals surface area contributed by atoms with E-state index < -0.39 is 0 Å². The third kappa shape index (κ3) is 3.25. The first-order chi connectivity index (χ1) is 12.6. The van der Waals surface area contributed by atoms with Crippen LogP contribution in [0.1, 0.15) is 10.6 Å². The summed E-state index contributed by atoms with van der Waals surface area (Å²) in [6.07, 6.45) is 0. The molecule has 0 atom stereocenters. The molecule has 2 aromatic carbocycles. The van der Waals surface area contributed by atoms with Gasteiger partial charge < -0.3 is 8.98 Å². The third-order valence-electron chi connectivity index (χ3n) is 3.97. The second kappa shape index (κ2) is 6.97. The standard InChI is InChI=1S/C19H14ClN3O2S/c1-23-18(12-6-8-14(20)9-7-12)21-22-19(23)26-11-15(24)17-10-13-4-2-3-5-16(13)25-17/h2-10H,11H2,1H3. The van der Waals surface area contributed by atoms with Crippen molar-refractivity contribution < 1.29 is 9.21 Å². The summed E-state index contributed by atoms with van der Waals surface area (Å²) in [6, 6.07) is 16.7. The highest BCUT2D eigenvalue weighted by atomic mass is 35.5. The molecule has 0 N–H and O–H groups in total. The molecule has 0 saturated heterocycles. The predicted molar refractivity (Wildman–Crippen MR) is 103 cm³/mol. The Morgan fingerprint density at radius 1 is 1.15 bits per heavy atom. The molecule has 0 fully saturated rings. The molecule has 0 unspecified atom stereocenters. The quantitative estimate of drug-likeness (QED) is 0.364. The van der Waals surface area contributed by atoms with Gasteiger partial charge in [-0.2, -0.15) is 0 Å². The van der Waals surface area contributed by atoms with Crippen LogP contribution in [0.2, 0.25) is 5.02 Å². The Hall–Kier alpha value is -2.57. The van der Waals surface area contributed by atoms with Crippen LogP contribution in [-0.4, -0.2) is 26.3 Å². The first-order valence-electron chi connectivity index (χ1n) is 7.92. The first-order valence-corrected chi connectivity index (χ1v) is 9.28. The van der Waals surface area contributed by atoms with Crippen molar-refractivity contribution in [1.29, 1.82) is 0 Å². The Morgan fingerprint density at radius 2 is 1.92 bits per heavy atom. The molecule has 2 heterocycles. The molecular formula is C19H14ClN3O2S. The van der Waals surface area contributed by atoms with E-state index in [-0.39, 0.29) is 11.5 Å². The topological polar surface area (TPSA) is 60.9 Å². The molecule has 7 heteroatoms. The Labute approximate surface area is 159 Å². The van der Waals surface area contributed by atoms with Gasteiger partial charge in [-0.15, -0.1) is 10.2 Å². The normalized spacial score (nSPS) is 11.2. The lowest BCUT2D eigenvalue weighted by molar-refractivity contribution is 0.0994. The van der Waals surface area contributed by atoms with Crippen LogP contribution in [0.3, 0.4) is 0 Å². The summed E-state index contributed by atoms with van der Waals surface area (Å²) in [6.45, 7) is 0. The number of halogens is 1. The van der Waals surface area contributed by atoms with E-state index in [4.69, 9.17) is 16.0 Å². The molecule has 0 amide bonds. The first kappa shape index (κ1) is 16.9. The number of furan rings is 1. The average molecular weight is 384 g/mol. The van der Waals surface area contributed by atoms with Crippen molar-refractivity contribution in [3.8, 4) is 11.4 Å². The van der Waals surface area contributed by atoms with Gasteiger partial charge in [-0.05, 0) is 36.4 Å². The molecule has 26 heavy (non-hydrogen) atoms. The zero-order valence-electron chi connectivity index (χ0n) is 13.8. The van der Waals surface area contributed by atoms with Crippen LogP contribution < -0.4 is 0 Å². The monoisotopic (exact) mass is 383 g/mol. The van der Waals surface area contributed by atoms with Crippen molar-refractivity contribution in [3.63, 3.8) is 0 Å². The van der Waals surface area contributed by atoms with Gasteiger partial charge in [0.15, 0.2) is 16.7 Å². The summed E-state index contributed by atoms with van der Waals surface area (Å²) in [5.41, 5.74) is 1.63. The largest absolute Gasteiger partial charge is 0.453 e. The second-order valence-electron chi connectivity index (χ2n) is 5.73. The van der Waals surface area contributed by atoms with Gasteiger partial charge in [0.2, 0.25) is 5.78 Å². The summed E-state index contributed by atoms with van der Waals surface area (Å²) in [5, 5.41) is 10.7. The maximum Gasteiger partial charge on any atom is 0.208 e. The van der Waals surface area contributed by atoms with Crippen LogP contribution in [0, 0.1) is 0 Å². The number of hydrogen-bond acceptors (Lipinski definition) is 5. The van der Waals surface area contributed by atoms with Crippen LogP contribution in [0.25, 0.3) is 22.4 Å². The fourth-order valence-electron chi connectivity index (χ4n) is 2.61. The summed E-state index contributed by atoms with van der Waals surface area (Å²) >= 11 is 7.26. The highest BCUT2D eigenvalue weighted by molar-refractivity contribution is 7.99. The van der Waals surface area contributed by atoms with Gasteiger partial charge in [0, 0.05) is 23.0 Å². The molecule has 0 aliphatic heterocycles. The van der Waals surface area contributed by atoms with E-state index in [1.165, 1.54) is 11.8 Å². The number of hydrogen-bond donors (Lipinski definition) is 0. The van der Waals surface area contributed by atoms with Gasteiger partial charge in [-0.3, -0.25) is 4.79 Å². The number of Topliss-reactive ketones (excluding diaryl/α,β-unsaturated/α-hetero) is 1. The van der Waals surface area contributed by atoms with Crippen LogP contribution in [0.15, 0.2) is 64.2 Å². The predicted octanol–water partition coefficient (Wildman–Crippen LogP) is 4.86. The smallest absolute Gasteiger partial charge is 0.208 e. The van der Waals surface area contributed by atoms with Crippen molar-refractivity contribution >= 4 is 40.1 Å². The zero-order chi connectivity index (χ0) is 18.1. The fourth-order valence-corrected chi connectivity index (χ4v) is 3.52. The van der Waals surface area contributed by atoms with E-state index >= 15 is 0 Å². The van der Waals surface area contributed by atoms with E-state index in [0.717, 1.165) is 16.8 Å². The Morgan fingerprint density at radius 3 is 2.69 bits per heavy atom. The number of rotatable bonds is 5. The van der Waals surface area contributed by atoms with E-state index in [9.17, 15) is 4.79 Å². The number of para-hydroxylation sites is 1. The number of thioether (sulfide) groups is 1. The molecule has 4 rings (SSSR count).